The topological polar surface area (TPSA) is 62.1 Å². The second-order valence-electron chi connectivity index (χ2n) is 5.82. The van der Waals surface area contributed by atoms with E-state index in [4.69, 9.17) is 10.00 Å². The molecule has 1 aliphatic rings. The lowest BCUT2D eigenvalue weighted by atomic mass is 9.96. The fourth-order valence-electron chi connectivity index (χ4n) is 2.66. The summed E-state index contributed by atoms with van der Waals surface area (Å²) in [7, 11) is 0. The number of nitriles is 1. The van der Waals surface area contributed by atoms with Crippen molar-refractivity contribution >= 4 is 5.91 Å². The molecule has 1 aliphatic carbocycles. The largest absolute Gasteiger partial charge is 0.482 e. The molecule has 2 aromatic carbocycles. The van der Waals surface area contributed by atoms with Crippen LogP contribution in [0, 0.1) is 11.3 Å². The van der Waals surface area contributed by atoms with E-state index < -0.39 is 0 Å². The summed E-state index contributed by atoms with van der Waals surface area (Å²) < 4.78 is 5.45. The van der Waals surface area contributed by atoms with Gasteiger partial charge in [0.2, 0.25) is 0 Å². The van der Waals surface area contributed by atoms with Crippen molar-refractivity contribution in [3.05, 3.63) is 65.7 Å². The number of ether oxygens (including phenoxy) is 1. The molecule has 0 aliphatic heterocycles. The molecule has 1 fully saturated rings. The molecule has 0 saturated heterocycles. The Morgan fingerprint density at radius 1 is 1.13 bits per heavy atom. The number of hydrogen-bond donors (Lipinski definition) is 1. The highest BCUT2D eigenvalue weighted by Crippen LogP contribution is 2.47. The summed E-state index contributed by atoms with van der Waals surface area (Å²) in [5.74, 6) is 0.272. The van der Waals surface area contributed by atoms with Crippen molar-refractivity contribution in [1.82, 2.24) is 5.32 Å². The van der Waals surface area contributed by atoms with Gasteiger partial charge in [-0.25, -0.2) is 0 Å². The van der Waals surface area contributed by atoms with E-state index in [1.807, 2.05) is 18.2 Å². The Bertz CT molecular complexity index is 731. The highest BCUT2D eigenvalue weighted by atomic mass is 16.5. The zero-order valence-corrected chi connectivity index (χ0v) is 12.8. The third kappa shape index (κ3) is 3.51. The van der Waals surface area contributed by atoms with Crippen molar-refractivity contribution in [3.63, 3.8) is 0 Å². The van der Waals surface area contributed by atoms with Crippen LogP contribution in [0.4, 0.5) is 0 Å². The van der Waals surface area contributed by atoms with E-state index in [0.717, 1.165) is 12.8 Å². The van der Waals surface area contributed by atoms with Crippen LogP contribution in [-0.4, -0.2) is 19.1 Å². The van der Waals surface area contributed by atoms with Crippen LogP contribution >= 0.6 is 0 Å². The van der Waals surface area contributed by atoms with Gasteiger partial charge < -0.3 is 10.1 Å². The number of carbonyl (C=O) groups excluding carboxylic acids is 1. The van der Waals surface area contributed by atoms with Gasteiger partial charge in [0.15, 0.2) is 6.61 Å². The Morgan fingerprint density at radius 3 is 2.52 bits per heavy atom. The highest BCUT2D eigenvalue weighted by Gasteiger charge is 2.44. The summed E-state index contributed by atoms with van der Waals surface area (Å²) >= 11 is 0. The normalized spacial score (nSPS) is 14.6. The Hall–Kier alpha value is -2.80. The predicted octanol–water partition coefficient (Wildman–Crippen LogP) is 2.79. The Labute approximate surface area is 135 Å². The fraction of sp³-hybridized carbons (Fsp3) is 0.263. The molecular formula is C19H18N2O2. The summed E-state index contributed by atoms with van der Waals surface area (Å²) in [6, 6.07) is 19.2. The molecular weight excluding hydrogens is 288 g/mol. The first kappa shape index (κ1) is 15.1. The number of rotatable bonds is 6. The molecule has 23 heavy (non-hydrogen) atoms. The van der Waals surface area contributed by atoms with Crippen LogP contribution < -0.4 is 10.1 Å². The first-order valence-electron chi connectivity index (χ1n) is 7.68. The van der Waals surface area contributed by atoms with Crippen LogP contribution in [0.15, 0.2) is 54.6 Å². The van der Waals surface area contributed by atoms with Crippen LogP contribution in [0.2, 0.25) is 0 Å². The molecule has 0 aromatic heterocycles. The van der Waals surface area contributed by atoms with Crippen molar-refractivity contribution in [2.24, 2.45) is 0 Å². The van der Waals surface area contributed by atoms with E-state index in [0.29, 0.717) is 17.9 Å². The van der Waals surface area contributed by atoms with E-state index >= 15 is 0 Å². The van der Waals surface area contributed by atoms with Crippen molar-refractivity contribution in [2.75, 3.05) is 13.2 Å². The number of nitrogens with one attached hydrogen (secondary N) is 1. The van der Waals surface area contributed by atoms with E-state index in [-0.39, 0.29) is 17.9 Å². The molecule has 0 bridgehead atoms. The molecule has 0 spiro atoms. The molecule has 0 radical (unpaired) electrons. The lowest BCUT2D eigenvalue weighted by Crippen LogP contribution is -2.35. The van der Waals surface area contributed by atoms with Gasteiger partial charge in [-0.2, -0.15) is 5.26 Å². The number of nitrogens with zero attached hydrogens (tertiary/aromatic N) is 1. The average Bonchev–Trinajstić information content (AvgIpc) is 3.40. The van der Waals surface area contributed by atoms with Gasteiger partial charge in [0.1, 0.15) is 11.8 Å². The monoisotopic (exact) mass is 306 g/mol. The smallest absolute Gasteiger partial charge is 0.257 e. The lowest BCUT2D eigenvalue weighted by molar-refractivity contribution is -0.123. The van der Waals surface area contributed by atoms with Gasteiger partial charge in [-0.05, 0) is 30.5 Å². The molecule has 0 heterocycles. The molecule has 3 rings (SSSR count). The molecule has 4 heteroatoms. The Balaban J connectivity index is 1.52. The maximum atomic E-state index is 12.0. The zero-order chi connectivity index (χ0) is 16.1. The van der Waals surface area contributed by atoms with Crippen LogP contribution in [-0.2, 0) is 10.2 Å². The summed E-state index contributed by atoms with van der Waals surface area (Å²) in [6.45, 7) is 0.544. The molecule has 1 N–H and O–H groups in total. The van der Waals surface area contributed by atoms with Crippen molar-refractivity contribution in [3.8, 4) is 11.8 Å². The average molecular weight is 306 g/mol. The quantitative estimate of drug-likeness (QED) is 0.892. The summed E-state index contributed by atoms with van der Waals surface area (Å²) in [6.07, 6.45) is 2.19. The molecule has 0 unspecified atom stereocenters. The molecule has 116 valence electrons. The van der Waals surface area contributed by atoms with Crippen molar-refractivity contribution in [1.29, 1.82) is 5.26 Å². The third-order valence-electron chi connectivity index (χ3n) is 4.23. The number of hydrogen-bond acceptors (Lipinski definition) is 3. The van der Waals surface area contributed by atoms with E-state index in [9.17, 15) is 4.79 Å². The van der Waals surface area contributed by atoms with E-state index in [1.165, 1.54) is 5.56 Å². The number of para-hydroxylation sites is 1. The standard InChI is InChI=1S/C19H18N2O2/c20-12-15-6-4-5-9-17(15)23-13-18(22)21-14-19(10-11-19)16-7-2-1-3-8-16/h1-9H,10-11,13-14H2,(H,21,22). The van der Waals surface area contributed by atoms with Crippen LogP contribution in [0.3, 0.4) is 0 Å². The minimum atomic E-state index is -0.167. The van der Waals surface area contributed by atoms with Gasteiger partial charge >= 0.3 is 0 Å². The van der Waals surface area contributed by atoms with Gasteiger partial charge in [-0.15, -0.1) is 0 Å². The molecule has 2 aromatic rings. The maximum Gasteiger partial charge on any atom is 0.257 e. The number of amides is 1. The van der Waals surface area contributed by atoms with Crippen molar-refractivity contribution < 1.29 is 9.53 Å². The minimum absolute atomic E-state index is 0.0798. The fourth-order valence-corrected chi connectivity index (χ4v) is 2.66. The van der Waals surface area contributed by atoms with Crippen LogP contribution in [0.25, 0.3) is 0 Å². The van der Waals surface area contributed by atoms with Gasteiger partial charge in [0, 0.05) is 12.0 Å². The summed E-state index contributed by atoms with van der Waals surface area (Å²) in [4.78, 5) is 12.0. The third-order valence-corrected chi connectivity index (χ3v) is 4.23. The number of benzene rings is 2. The Kier molecular flexibility index (Phi) is 4.29. The van der Waals surface area contributed by atoms with E-state index in [1.54, 1.807) is 24.3 Å². The SMILES string of the molecule is N#Cc1ccccc1OCC(=O)NCC1(c2ccccc2)CC1. The predicted molar refractivity (Wildman–Crippen MR) is 87.0 cm³/mol. The first-order chi connectivity index (χ1) is 11.2. The summed E-state index contributed by atoms with van der Waals surface area (Å²) in [5, 5.41) is 11.9. The second kappa shape index (κ2) is 6.53. The highest BCUT2D eigenvalue weighted by molar-refractivity contribution is 5.77. The van der Waals surface area contributed by atoms with Crippen molar-refractivity contribution in [2.45, 2.75) is 18.3 Å². The summed E-state index contributed by atoms with van der Waals surface area (Å²) in [5.41, 5.74) is 1.79. The van der Waals surface area contributed by atoms with E-state index in [2.05, 4.69) is 23.5 Å². The zero-order valence-electron chi connectivity index (χ0n) is 12.8. The van der Waals surface area contributed by atoms with Gasteiger partial charge in [-0.3, -0.25) is 4.79 Å². The van der Waals surface area contributed by atoms with Crippen LogP contribution in [0.1, 0.15) is 24.0 Å². The van der Waals surface area contributed by atoms with Crippen LogP contribution in [0.5, 0.6) is 5.75 Å². The Morgan fingerprint density at radius 2 is 1.83 bits per heavy atom. The second-order valence-corrected chi connectivity index (χ2v) is 5.82. The number of carbonyl (C=O) groups is 1. The van der Waals surface area contributed by atoms with Gasteiger partial charge in [0.25, 0.3) is 5.91 Å². The van der Waals surface area contributed by atoms with Gasteiger partial charge in [-0.1, -0.05) is 42.5 Å². The molecule has 1 saturated carbocycles. The maximum absolute atomic E-state index is 12.0. The lowest BCUT2D eigenvalue weighted by Gasteiger charge is -2.16. The first-order valence-corrected chi connectivity index (χ1v) is 7.68. The molecule has 4 nitrogen and oxygen atoms in total. The van der Waals surface area contributed by atoms with Gasteiger partial charge in [0.05, 0.1) is 5.56 Å². The molecule has 1 amide bonds. The minimum Gasteiger partial charge on any atom is -0.482 e. The molecule has 0 atom stereocenters.